The fourth-order valence-corrected chi connectivity index (χ4v) is 4.28. The van der Waals surface area contributed by atoms with Crippen molar-refractivity contribution in [1.29, 1.82) is 0 Å². The van der Waals surface area contributed by atoms with Gasteiger partial charge in [-0.1, -0.05) is 41.9 Å². The van der Waals surface area contributed by atoms with Crippen LogP contribution in [0.1, 0.15) is 40.0 Å². The summed E-state index contributed by atoms with van der Waals surface area (Å²) in [6.07, 6.45) is 2.30. The summed E-state index contributed by atoms with van der Waals surface area (Å²) in [5.74, 6) is 1.89. The minimum atomic E-state index is -0.0121. The number of para-hydroxylation sites is 1. The zero-order valence-corrected chi connectivity index (χ0v) is 20.7. The number of nitrogens with zero attached hydrogens (tertiary/aromatic N) is 3. The molecule has 1 amide bonds. The summed E-state index contributed by atoms with van der Waals surface area (Å²) in [7, 11) is 0. The molecule has 0 aliphatic heterocycles. The molecule has 178 valence electrons. The second-order valence-electron chi connectivity index (χ2n) is 9.17. The van der Waals surface area contributed by atoms with Crippen molar-refractivity contribution >= 4 is 17.5 Å². The first-order valence-corrected chi connectivity index (χ1v) is 12.3. The van der Waals surface area contributed by atoms with E-state index in [4.69, 9.17) is 21.4 Å². The number of carbonyl (C=O) groups excluding carboxylic acids is 1. The van der Waals surface area contributed by atoms with Gasteiger partial charge in [0, 0.05) is 17.1 Å². The first-order chi connectivity index (χ1) is 17.0. The van der Waals surface area contributed by atoms with Crippen molar-refractivity contribution < 1.29 is 9.53 Å². The lowest BCUT2D eigenvalue weighted by atomic mass is 10.1. The Bertz CT molecular complexity index is 1330. The zero-order valence-electron chi connectivity index (χ0n) is 19.9. The Balaban J connectivity index is 1.54. The molecule has 6 heteroatoms. The molecule has 0 bridgehead atoms. The summed E-state index contributed by atoms with van der Waals surface area (Å²) in [6.45, 7) is 5.13. The highest BCUT2D eigenvalue weighted by atomic mass is 35.5. The van der Waals surface area contributed by atoms with Crippen LogP contribution in [0, 0.1) is 19.8 Å². The average Bonchev–Trinajstić information content (AvgIpc) is 3.63. The van der Waals surface area contributed by atoms with Gasteiger partial charge in [0.15, 0.2) is 0 Å². The van der Waals surface area contributed by atoms with E-state index in [1.807, 2.05) is 78.0 Å². The Kier molecular flexibility index (Phi) is 6.60. The molecule has 0 spiro atoms. The number of carbonyl (C=O) groups is 1. The molecule has 0 radical (unpaired) electrons. The molecule has 1 aliphatic carbocycles. The van der Waals surface area contributed by atoms with Gasteiger partial charge in [0.25, 0.3) is 5.91 Å². The van der Waals surface area contributed by atoms with Gasteiger partial charge in [0.05, 0.1) is 23.5 Å². The Morgan fingerprint density at radius 3 is 2.46 bits per heavy atom. The van der Waals surface area contributed by atoms with Gasteiger partial charge < -0.3 is 9.64 Å². The maximum absolute atomic E-state index is 13.5. The van der Waals surface area contributed by atoms with E-state index in [-0.39, 0.29) is 5.91 Å². The number of hydrogen-bond donors (Lipinski definition) is 0. The van der Waals surface area contributed by atoms with Gasteiger partial charge in [0.2, 0.25) is 5.88 Å². The van der Waals surface area contributed by atoms with Crippen LogP contribution in [0.2, 0.25) is 5.02 Å². The van der Waals surface area contributed by atoms with Crippen LogP contribution in [0.25, 0.3) is 5.69 Å². The van der Waals surface area contributed by atoms with Crippen LogP contribution in [0.3, 0.4) is 0 Å². The van der Waals surface area contributed by atoms with E-state index in [0.29, 0.717) is 35.5 Å². The molecule has 1 saturated carbocycles. The topological polar surface area (TPSA) is 47.4 Å². The van der Waals surface area contributed by atoms with Gasteiger partial charge in [-0.2, -0.15) is 5.10 Å². The Labute approximate surface area is 210 Å². The summed E-state index contributed by atoms with van der Waals surface area (Å²) >= 11 is 6.06. The highest BCUT2D eigenvalue weighted by Crippen LogP contribution is 2.35. The molecule has 35 heavy (non-hydrogen) atoms. The lowest BCUT2D eigenvalue weighted by molar-refractivity contribution is 0.0734. The molecule has 1 aromatic heterocycles. The number of benzene rings is 3. The molecular weight excluding hydrogens is 458 g/mol. The van der Waals surface area contributed by atoms with Gasteiger partial charge in [-0.05, 0) is 86.7 Å². The lowest BCUT2D eigenvalue weighted by Gasteiger charge is -2.23. The standard InChI is InChI=1S/C29H28ClN3O2/c1-20-7-6-10-26(17-20)35-29-27(21(2)31-33(29)25-8-4-3-5-9-25)19-32(18-22-11-12-22)28(34)23-13-15-24(30)16-14-23/h3-10,13-17,22H,11-12,18-19H2,1-2H3. The van der Waals surface area contributed by atoms with Crippen LogP contribution >= 0.6 is 11.6 Å². The number of halogens is 1. The van der Waals surface area contributed by atoms with Crippen LogP contribution < -0.4 is 4.74 Å². The average molecular weight is 486 g/mol. The maximum atomic E-state index is 13.5. The molecule has 3 aromatic carbocycles. The van der Waals surface area contributed by atoms with Gasteiger partial charge >= 0.3 is 0 Å². The third-order valence-electron chi connectivity index (χ3n) is 6.24. The zero-order chi connectivity index (χ0) is 24.4. The monoisotopic (exact) mass is 485 g/mol. The summed E-state index contributed by atoms with van der Waals surface area (Å²) in [4.78, 5) is 15.5. The Morgan fingerprint density at radius 2 is 1.77 bits per heavy atom. The molecule has 1 heterocycles. The number of rotatable bonds is 8. The van der Waals surface area contributed by atoms with Crippen molar-refractivity contribution in [3.63, 3.8) is 0 Å². The van der Waals surface area contributed by atoms with Crippen LogP contribution in [0.15, 0.2) is 78.9 Å². The van der Waals surface area contributed by atoms with Gasteiger partial charge in [-0.3, -0.25) is 4.79 Å². The van der Waals surface area contributed by atoms with Crippen molar-refractivity contribution in [2.24, 2.45) is 5.92 Å². The molecule has 0 N–H and O–H groups in total. The molecule has 5 rings (SSSR count). The third-order valence-corrected chi connectivity index (χ3v) is 6.50. The summed E-state index contributed by atoms with van der Waals surface area (Å²) in [6, 6.07) is 25.0. The number of aromatic nitrogens is 2. The van der Waals surface area contributed by atoms with Crippen molar-refractivity contribution in [2.45, 2.75) is 33.2 Å². The molecule has 0 atom stereocenters. The summed E-state index contributed by atoms with van der Waals surface area (Å²) in [5, 5.41) is 5.44. The van der Waals surface area contributed by atoms with Crippen LogP contribution in [-0.4, -0.2) is 27.1 Å². The van der Waals surface area contributed by atoms with E-state index in [1.165, 1.54) is 0 Å². The van der Waals surface area contributed by atoms with E-state index in [9.17, 15) is 4.79 Å². The SMILES string of the molecule is Cc1cccc(Oc2c(CN(CC3CC3)C(=O)c3ccc(Cl)cc3)c(C)nn2-c2ccccc2)c1. The lowest BCUT2D eigenvalue weighted by Crippen LogP contribution is -2.32. The summed E-state index contributed by atoms with van der Waals surface area (Å²) in [5.41, 5.74) is 4.38. The molecule has 1 aliphatic rings. The van der Waals surface area contributed by atoms with Crippen LogP contribution in [-0.2, 0) is 6.54 Å². The van der Waals surface area contributed by atoms with E-state index in [0.717, 1.165) is 41.1 Å². The Hall–Kier alpha value is -3.57. The van der Waals surface area contributed by atoms with E-state index in [1.54, 1.807) is 24.3 Å². The number of amides is 1. The molecule has 5 nitrogen and oxygen atoms in total. The number of aryl methyl sites for hydroxylation is 2. The van der Waals surface area contributed by atoms with Gasteiger partial charge in [0.1, 0.15) is 5.75 Å². The molecule has 0 saturated heterocycles. The highest BCUT2D eigenvalue weighted by Gasteiger charge is 2.30. The fourth-order valence-electron chi connectivity index (χ4n) is 4.16. The predicted molar refractivity (Wildman–Crippen MR) is 138 cm³/mol. The van der Waals surface area contributed by atoms with Gasteiger partial charge in [-0.15, -0.1) is 0 Å². The molecular formula is C29H28ClN3O2. The molecule has 0 unspecified atom stereocenters. The number of hydrogen-bond acceptors (Lipinski definition) is 3. The minimum Gasteiger partial charge on any atom is -0.439 e. The van der Waals surface area contributed by atoms with Gasteiger partial charge in [-0.25, -0.2) is 4.68 Å². The Morgan fingerprint density at radius 1 is 1.03 bits per heavy atom. The van der Waals surface area contributed by atoms with Crippen molar-refractivity contribution in [1.82, 2.24) is 14.7 Å². The summed E-state index contributed by atoms with van der Waals surface area (Å²) < 4.78 is 8.29. The highest BCUT2D eigenvalue weighted by molar-refractivity contribution is 6.30. The minimum absolute atomic E-state index is 0.0121. The second-order valence-corrected chi connectivity index (χ2v) is 9.61. The number of ether oxygens (including phenoxy) is 1. The van der Waals surface area contributed by atoms with Crippen molar-refractivity contribution in [2.75, 3.05) is 6.54 Å². The fraction of sp³-hybridized carbons (Fsp3) is 0.241. The quantitative estimate of drug-likeness (QED) is 0.270. The van der Waals surface area contributed by atoms with E-state index >= 15 is 0 Å². The predicted octanol–water partition coefficient (Wildman–Crippen LogP) is 6.99. The third kappa shape index (κ3) is 5.41. The maximum Gasteiger partial charge on any atom is 0.254 e. The first-order valence-electron chi connectivity index (χ1n) is 11.9. The molecule has 4 aromatic rings. The van der Waals surface area contributed by atoms with Crippen molar-refractivity contribution in [3.05, 3.63) is 106 Å². The first kappa shape index (κ1) is 23.2. The van der Waals surface area contributed by atoms with E-state index < -0.39 is 0 Å². The normalized spacial score (nSPS) is 13.0. The van der Waals surface area contributed by atoms with E-state index in [2.05, 4.69) is 0 Å². The second kappa shape index (κ2) is 9.96. The van der Waals surface area contributed by atoms with Crippen LogP contribution in [0.5, 0.6) is 11.6 Å². The van der Waals surface area contributed by atoms with Crippen molar-refractivity contribution in [3.8, 4) is 17.3 Å². The van der Waals surface area contributed by atoms with Crippen LogP contribution in [0.4, 0.5) is 0 Å². The molecule has 1 fully saturated rings. The smallest absolute Gasteiger partial charge is 0.254 e. The largest absolute Gasteiger partial charge is 0.439 e.